The molecule has 3 heteroatoms. The lowest BCUT2D eigenvalue weighted by Crippen LogP contribution is -2.09. The third-order valence-corrected chi connectivity index (χ3v) is 10.9. The van der Waals surface area contributed by atoms with Crippen molar-refractivity contribution in [1.82, 2.24) is 9.55 Å². The number of rotatable bonds is 7. The van der Waals surface area contributed by atoms with Gasteiger partial charge in [0.2, 0.25) is 0 Å². The Hall–Kier alpha value is -5.41. The zero-order chi connectivity index (χ0) is 38.1. The molecule has 0 radical (unpaired) electrons. The van der Waals surface area contributed by atoms with Crippen molar-refractivity contribution >= 4 is 33.0 Å². The Morgan fingerprint density at radius 2 is 1.33 bits per heavy atom. The summed E-state index contributed by atoms with van der Waals surface area (Å²) in [6.45, 7) is 7.70. The van der Waals surface area contributed by atoms with E-state index in [2.05, 4.69) is 95.6 Å². The summed E-state index contributed by atoms with van der Waals surface area (Å²) in [6.07, 6.45) is 5.20. The molecule has 1 fully saturated rings. The molecule has 8 aromatic rings. The summed E-state index contributed by atoms with van der Waals surface area (Å²) in [6, 6.07) is 43.9. The van der Waals surface area contributed by atoms with Crippen molar-refractivity contribution in [2.75, 3.05) is 0 Å². The van der Waals surface area contributed by atoms with Gasteiger partial charge in [-0.2, -0.15) is 0 Å². The van der Waals surface area contributed by atoms with Crippen LogP contribution in [0.1, 0.15) is 98.3 Å². The molecule has 0 aliphatic heterocycles. The van der Waals surface area contributed by atoms with Crippen LogP contribution in [-0.2, 0) is 0 Å². The number of nitrogens with zero attached hydrogens (tertiary/aromatic N) is 2. The van der Waals surface area contributed by atoms with Gasteiger partial charge in [-0.15, -0.1) is 0 Å². The van der Waals surface area contributed by atoms with Crippen LogP contribution < -0.4 is 0 Å². The van der Waals surface area contributed by atoms with Gasteiger partial charge in [-0.3, -0.25) is 4.57 Å². The van der Waals surface area contributed by atoms with Crippen molar-refractivity contribution in [3.63, 3.8) is 0 Å². The van der Waals surface area contributed by atoms with Gasteiger partial charge in [-0.25, -0.2) is 4.98 Å². The van der Waals surface area contributed by atoms with Crippen LogP contribution >= 0.6 is 0 Å². The Kier molecular flexibility index (Phi) is 7.46. The van der Waals surface area contributed by atoms with Gasteiger partial charge < -0.3 is 4.42 Å². The lowest BCUT2D eigenvalue weighted by Gasteiger charge is -2.25. The molecule has 2 aromatic heterocycles. The van der Waals surface area contributed by atoms with Crippen LogP contribution in [0.5, 0.6) is 0 Å². The average molecular weight is 682 g/mol. The fourth-order valence-electron chi connectivity index (χ4n) is 8.19. The molecule has 0 spiro atoms. The monoisotopic (exact) mass is 681 g/mol. The summed E-state index contributed by atoms with van der Waals surface area (Å²) in [5.74, 6) is -1.88. The third kappa shape index (κ3) is 5.64. The van der Waals surface area contributed by atoms with Gasteiger partial charge in [-0.05, 0) is 112 Å². The van der Waals surface area contributed by atoms with Gasteiger partial charge in [0.1, 0.15) is 17.0 Å². The SMILES string of the molecule is [2H]C(C)(C)c1cc(-c2ccc(C3([2H])CCCCC3)cc2)cc(C([2H])(C)C)c1-n1c(-c2cccc3c2oc2cc(-c4ccccc4)ccc23)nc2ccccc21. The van der Waals surface area contributed by atoms with Crippen LogP contribution in [0.2, 0.25) is 0 Å². The van der Waals surface area contributed by atoms with E-state index in [4.69, 9.17) is 9.40 Å². The molecule has 52 heavy (non-hydrogen) atoms. The van der Waals surface area contributed by atoms with E-state index in [9.17, 15) is 4.11 Å². The van der Waals surface area contributed by atoms with Crippen molar-refractivity contribution in [3.05, 3.63) is 144 Å². The first-order valence-electron chi connectivity index (χ1n) is 20.2. The molecule has 0 bridgehead atoms. The quantitative estimate of drug-likeness (QED) is 0.168. The molecule has 258 valence electrons. The van der Waals surface area contributed by atoms with E-state index in [1.807, 2.05) is 64.1 Å². The van der Waals surface area contributed by atoms with Crippen molar-refractivity contribution in [3.8, 4) is 39.3 Å². The minimum atomic E-state index is -1.03. The molecule has 6 aromatic carbocycles. The predicted octanol–water partition coefficient (Wildman–Crippen LogP) is 14.2. The second-order valence-electron chi connectivity index (χ2n) is 14.8. The second-order valence-corrected chi connectivity index (χ2v) is 14.8. The number of hydrogen-bond donors (Lipinski definition) is 0. The Labute approximate surface area is 311 Å². The Bertz CT molecular complexity index is 2670. The number of furan rings is 1. The number of imidazole rings is 1. The first-order chi connectivity index (χ1) is 26.4. The molecule has 1 aliphatic rings. The fraction of sp³-hybridized carbons (Fsp3) is 0.245. The number of para-hydroxylation sites is 3. The highest BCUT2D eigenvalue weighted by Gasteiger charge is 2.26. The molecule has 9 rings (SSSR count). The van der Waals surface area contributed by atoms with Crippen LogP contribution in [0.15, 0.2) is 132 Å². The highest BCUT2D eigenvalue weighted by molar-refractivity contribution is 6.10. The minimum absolute atomic E-state index is 0.533. The molecule has 0 atom stereocenters. The molecule has 3 nitrogen and oxygen atoms in total. The first kappa shape index (κ1) is 29.2. The third-order valence-electron chi connectivity index (χ3n) is 10.9. The number of fused-ring (bicyclic) bond motifs is 4. The Morgan fingerprint density at radius 1 is 0.654 bits per heavy atom. The van der Waals surface area contributed by atoms with E-state index >= 15 is 0 Å². The zero-order valence-corrected chi connectivity index (χ0v) is 30.5. The summed E-state index contributed by atoms with van der Waals surface area (Å²) >= 11 is 0. The topological polar surface area (TPSA) is 31.0 Å². The molecule has 0 N–H and O–H groups in total. The number of hydrogen-bond acceptors (Lipinski definition) is 2. The summed E-state index contributed by atoms with van der Waals surface area (Å²) in [5, 5.41) is 2.05. The number of aromatic nitrogens is 2. The molecule has 1 aliphatic carbocycles. The van der Waals surface area contributed by atoms with E-state index in [1.54, 1.807) is 0 Å². The van der Waals surface area contributed by atoms with Crippen LogP contribution in [-0.4, -0.2) is 9.55 Å². The predicted molar refractivity (Wildman–Crippen MR) is 219 cm³/mol. The maximum atomic E-state index is 9.61. The highest BCUT2D eigenvalue weighted by atomic mass is 16.3. The van der Waals surface area contributed by atoms with Crippen LogP contribution in [0.4, 0.5) is 0 Å². The van der Waals surface area contributed by atoms with Crippen molar-refractivity contribution < 1.29 is 8.53 Å². The standard InChI is InChI=1S/C49H46N2O/c1-31(2)42-28-38(36-24-22-35(23-25-36)33-14-7-5-8-15-33)29-43(32(3)4)47(42)51-45-21-12-11-20-44(45)50-49(51)41-19-13-18-40-39-27-26-37(30-46(39)52-48(40)41)34-16-9-6-10-17-34/h6,9-13,16-33H,5,7-8,14-15H2,1-4H3/i31D,32D,33D. The lowest BCUT2D eigenvalue weighted by atomic mass is 9.83. The molecule has 0 unspecified atom stereocenters. The summed E-state index contributed by atoms with van der Waals surface area (Å²) in [5.41, 5.74) is 11.8. The molecule has 0 saturated heterocycles. The summed E-state index contributed by atoms with van der Waals surface area (Å²) in [7, 11) is 0. The maximum Gasteiger partial charge on any atom is 0.149 e. The van der Waals surface area contributed by atoms with Gasteiger partial charge in [-0.1, -0.05) is 132 Å². The lowest BCUT2D eigenvalue weighted by molar-refractivity contribution is 0.443. The Morgan fingerprint density at radius 3 is 2.06 bits per heavy atom. The minimum Gasteiger partial charge on any atom is -0.455 e. The Balaban J connectivity index is 1.27. The summed E-state index contributed by atoms with van der Waals surface area (Å²) < 4.78 is 37.4. The molecule has 0 amide bonds. The summed E-state index contributed by atoms with van der Waals surface area (Å²) in [4.78, 5) is 5.29. The first-order valence-corrected chi connectivity index (χ1v) is 18.7. The van der Waals surface area contributed by atoms with Crippen LogP contribution in [0, 0.1) is 0 Å². The second kappa shape index (κ2) is 13.3. The van der Waals surface area contributed by atoms with E-state index in [1.165, 1.54) is 6.42 Å². The highest BCUT2D eigenvalue weighted by Crippen LogP contribution is 2.43. The van der Waals surface area contributed by atoms with E-state index in [-0.39, 0.29) is 0 Å². The molecule has 2 heterocycles. The van der Waals surface area contributed by atoms with Gasteiger partial charge >= 0.3 is 0 Å². The largest absolute Gasteiger partial charge is 0.455 e. The molecular weight excluding hydrogens is 633 g/mol. The molecular formula is C49H46N2O. The van der Waals surface area contributed by atoms with E-state index < -0.39 is 17.7 Å². The van der Waals surface area contributed by atoms with Gasteiger partial charge in [0.05, 0.1) is 22.3 Å². The van der Waals surface area contributed by atoms with Crippen LogP contribution in [0.25, 0.3) is 72.3 Å². The van der Waals surface area contributed by atoms with E-state index in [0.717, 1.165) is 109 Å². The van der Waals surface area contributed by atoms with Crippen molar-refractivity contribution in [1.29, 1.82) is 0 Å². The van der Waals surface area contributed by atoms with Crippen molar-refractivity contribution in [2.24, 2.45) is 0 Å². The van der Waals surface area contributed by atoms with Crippen molar-refractivity contribution in [2.45, 2.75) is 77.5 Å². The van der Waals surface area contributed by atoms with Gasteiger partial charge in [0.25, 0.3) is 0 Å². The van der Waals surface area contributed by atoms with Gasteiger partial charge in [0.15, 0.2) is 0 Å². The number of benzene rings is 6. The fourth-order valence-corrected chi connectivity index (χ4v) is 8.19. The average Bonchev–Trinajstić information content (AvgIpc) is 3.76. The normalized spacial score (nSPS) is 15.9. The zero-order valence-electron chi connectivity index (χ0n) is 33.5. The molecule has 1 saturated carbocycles. The van der Waals surface area contributed by atoms with Crippen LogP contribution in [0.3, 0.4) is 0 Å². The maximum absolute atomic E-state index is 9.61. The van der Waals surface area contributed by atoms with Gasteiger partial charge in [0, 0.05) is 14.9 Å². The van der Waals surface area contributed by atoms with E-state index in [0.29, 0.717) is 5.82 Å². The smallest absolute Gasteiger partial charge is 0.149 e.